The molecule has 2 aromatic heterocycles. The molecule has 0 N–H and O–H groups in total. The Morgan fingerprint density at radius 1 is 0.686 bits per heavy atom. The number of fused-ring (bicyclic) bond motifs is 3. The number of nitrogens with zero attached hydrogens (tertiary/aromatic N) is 4. The van der Waals surface area contributed by atoms with Crippen molar-refractivity contribution in [2.24, 2.45) is 0 Å². The molecule has 179 valence electrons. The number of para-hydroxylation sites is 4. The summed E-state index contributed by atoms with van der Waals surface area (Å²) < 4.78 is 3.85. The van der Waals surface area contributed by atoms with E-state index < -0.39 is 0 Å². The van der Waals surface area contributed by atoms with Gasteiger partial charge in [-0.15, -0.1) is 11.0 Å². The number of hydrogen-bond donors (Lipinski definition) is 0. The number of rotatable bonds is 2. The molecule has 4 nitrogen and oxygen atoms in total. The van der Waals surface area contributed by atoms with E-state index in [1.54, 1.807) is 0 Å². The molecule has 0 saturated carbocycles. The van der Waals surface area contributed by atoms with Crippen molar-refractivity contribution >= 4 is 21.8 Å². The van der Waals surface area contributed by atoms with Crippen LogP contribution in [0.5, 0.6) is 0 Å². The van der Waals surface area contributed by atoms with Crippen LogP contribution in [-0.4, -0.2) is 9.78 Å². The third-order valence-electron chi connectivity index (χ3n) is 5.63. The van der Waals surface area contributed by atoms with E-state index in [4.69, 9.17) is 5.10 Å². The summed E-state index contributed by atoms with van der Waals surface area (Å²) in [7, 11) is 0. The van der Waals surface area contributed by atoms with E-state index in [1.807, 2.05) is 69.9 Å². The van der Waals surface area contributed by atoms with Gasteiger partial charge in [0.2, 0.25) is 12.2 Å². The van der Waals surface area contributed by atoms with E-state index in [-0.39, 0.29) is 27.8 Å². The molecule has 0 amide bonds. The zero-order chi connectivity index (χ0) is 23.5. The van der Waals surface area contributed by atoms with Crippen LogP contribution in [0.1, 0.15) is 26.6 Å². The van der Waals surface area contributed by atoms with Gasteiger partial charge in [0.05, 0.1) is 5.69 Å². The Hall–Kier alpha value is -3.44. The summed E-state index contributed by atoms with van der Waals surface area (Å²) in [4.78, 5) is 4.52. The zero-order valence-corrected chi connectivity index (χ0v) is 22.1. The summed E-state index contributed by atoms with van der Waals surface area (Å²) in [6, 6.07) is 36.8. The fourth-order valence-electron chi connectivity index (χ4n) is 3.96. The van der Waals surface area contributed by atoms with Gasteiger partial charge in [-0.3, -0.25) is 0 Å². The molecule has 0 unspecified atom stereocenters. The van der Waals surface area contributed by atoms with Crippen molar-refractivity contribution in [2.75, 3.05) is 0 Å². The van der Waals surface area contributed by atoms with Crippen LogP contribution in [-0.2, 0) is 27.8 Å². The van der Waals surface area contributed by atoms with Crippen molar-refractivity contribution in [2.45, 2.75) is 26.2 Å². The van der Waals surface area contributed by atoms with Crippen molar-refractivity contribution in [3.05, 3.63) is 121 Å². The molecule has 1 radical (unpaired) electrons. The van der Waals surface area contributed by atoms with Crippen LogP contribution >= 0.6 is 0 Å². The van der Waals surface area contributed by atoms with Crippen LogP contribution in [0.4, 0.5) is 0 Å². The molecule has 0 bridgehead atoms. The molecule has 0 fully saturated rings. The molecular weight excluding hydrogens is 613 g/mol. The minimum Gasteiger partial charge on any atom is -0.657 e. The van der Waals surface area contributed by atoms with Crippen LogP contribution in [0, 0.1) is 6.33 Å². The smallest absolute Gasteiger partial charge is 0.212 e. The monoisotopic (exact) mass is 640 g/mol. The normalized spacial score (nSPS) is 11.1. The van der Waals surface area contributed by atoms with Crippen molar-refractivity contribution in [1.82, 2.24) is 14.8 Å². The maximum atomic E-state index is 4.75. The Balaban J connectivity index is 0.000000177. The third kappa shape index (κ3) is 5.30. The van der Waals surface area contributed by atoms with Crippen molar-refractivity contribution in [3.8, 4) is 11.4 Å². The molecule has 5 heteroatoms. The SMILES string of the molecule is CC(C)(C)c1nn(-c2ccccc2)[c-][n+]1-c1ccccc1.[Au].c1ccc2c(c1)[n-]c1ccccc12. The van der Waals surface area contributed by atoms with Gasteiger partial charge in [0.15, 0.2) is 0 Å². The molecule has 0 spiro atoms. The third-order valence-corrected chi connectivity index (χ3v) is 5.63. The van der Waals surface area contributed by atoms with Gasteiger partial charge in [-0.2, -0.15) is 4.68 Å². The predicted octanol–water partition coefficient (Wildman–Crippen LogP) is 6.19. The molecule has 0 saturated heterocycles. The van der Waals surface area contributed by atoms with E-state index in [0.29, 0.717) is 0 Å². The van der Waals surface area contributed by atoms with Gasteiger partial charge in [-0.1, -0.05) is 130 Å². The van der Waals surface area contributed by atoms with Crippen molar-refractivity contribution in [1.29, 1.82) is 0 Å². The maximum Gasteiger partial charge on any atom is 0.212 e. The minimum atomic E-state index is -0.0631. The Bertz CT molecular complexity index is 1480. The molecule has 0 aliphatic heterocycles. The van der Waals surface area contributed by atoms with E-state index in [1.165, 1.54) is 10.8 Å². The fraction of sp³-hybridized carbons (Fsp3) is 0.133. The van der Waals surface area contributed by atoms with Crippen LogP contribution in [0.2, 0.25) is 0 Å². The second-order valence-corrected chi connectivity index (χ2v) is 9.24. The topological polar surface area (TPSA) is 35.8 Å². The molecular formula is C30H27AuN4-. The predicted molar refractivity (Wildman–Crippen MR) is 137 cm³/mol. The summed E-state index contributed by atoms with van der Waals surface area (Å²) >= 11 is 0. The first-order valence-electron chi connectivity index (χ1n) is 11.5. The number of hydrogen-bond acceptors (Lipinski definition) is 1. The molecule has 4 aromatic carbocycles. The first-order valence-corrected chi connectivity index (χ1v) is 11.5. The standard InChI is InChI=1S/C18H19N3.C12H8N.Au/c1-18(2,3)17-19-21(16-12-8-5-9-13-16)14-20(17)15-10-6-4-7-11-15;1-3-7-11-9(5-1)10-6-2-4-8-12(10)13-11;/h4-13H,1-3H3;1-8H;/q;-1;. The largest absolute Gasteiger partial charge is 0.657 e. The average molecular weight is 641 g/mol. The summed E-state index contributed by atoms with van der Waals surface area (Å²) in [6.07, 6.45) is 3.34. The van der Waals surface area contributed by atoms with Gasteiger partial charge in [-0.25, -0.2) is 0 Å². The van der Waals surface area contributed by atoms with E-state index in [9.17, 15) is 0 Å². The number of benzene rings is 4. The van der Waals surface area contributed by atoms with E-state index in [0.717, 1.165) is 28.2 Å². The molecule has 35 heavy (non-hydrogen) atoms. The Morgan fingerprint density at radius 2 is 1.17 bits per heavy atom. The van der Waals surface area contributed by atoms with Gasteiger partial charge < -0.3 is 9.55 Å². The van der Waals surface area contributed by atoms with E-state index >= 15 is 0 Å². The molecule has 0 atom stereocenters. The maximum absolute atomic E-state index is 4.75. The fourth-order valence-corrected chi connectivity index (χ4v) is 3.96. The van der Waals surface area contributed by atoms with Gasteiger partial charge in [0.1, 0.15) is 0 Å². The van der Waals surface area contributed by atoms with Gasteiger partial charge in [-0.05, 0) is 15.9 Å². The van der Waals surface area contributed by atoms with Crippen LogP contribution in [0.25, 0.3) is 33.2 Å². The summed E-state index contributed by atoms with van der Waals surface area (Å²) in [5.41, 5.74) is 4.20. The van der Waals surface area contributed by atoms with Crippen LogP contribution in [0.3, 0.4) is 0 Å². The first kappa shape index (κ1) is 24.7. The minimum absolute atomic E-state index is 0. The van der Waals surface area contributed by atoms with Crippen LogP contribution < -0.4 is 9.55 Å². The molecule has 0 aliphatic carbocycles. The van der Waals surface area contributed by atoms with Gasteiger partial charge >= 0.3 is 0 Å². The Labute approximate surface area is 221 Å². The van der Waals surface area contributed by atoms with Gasteiger partial charge in [0, 0.05) is 33.5 Å². The average Bonchev–Trinajstić information content (AvgIpc) is 3.48. The Kier molecular flexibility index (Phi) is 7.37. The second kappa shape index (κ2) is 10.4. The quantitative estimate of drug-likeness (QED) is 0.129. The first-order chi connectivity index (χ1) is 16.5. The summed E-state index contributed by atoms with van der Waals surface area (Å²) in [5.74, 6) is 0.984. The molecule has 2 heterocycles. The van der Waals surface area contributed by atoms with Crippen molar-refractivity contribution in [3.63, 3.8) is 0 Å². The zero-order valence-electron chi connectivity index (χ0n) is 20.0. The Morgan fingerprint density at radius 3 is 1.71 bits per heavy atom. The van der Waals surface area contributed by atoms with Crippen molar-refractivity contribution < 1.29 is 26.9 Å². The summed E-state index contributed by atoms with van der Waals surface area (Å²) in [6.45, 7) is 6.49. The molecule has 6 rings (SSSR count). The molecule has 6 aromatic rings. The van der Waals surface area contributed by atoms with Crippen LogP contribution in [0.15, 0.2) is 109 Å². The summed E-state index contributed by atoms with van der Waals surface area (Å²) in [5, 5.41) is 7.25. The second-order valence-electron chi connectivity index (χ2n) is 9.24. The van der Waals surface area contributed by atoms with Gasteiger partial charge in [0.25, 0.3) is 0 Å². The van der Waals surface area contributed by atoms with E-state index in [2.05, 4.69) is 80.6 Å². The molecule has 0 aliphatic rings. The number of aromatic nitrogens is 4.